The van der Waals surface area contributed by atoms with Crippen LogP contribution in [0.1, 0.15) is 20.3 Å². The Morgan fingerprint density at radius 2 is 2.14 bits per heavy atom. The first kappa shape index (κ1) is 13.7. The van der Waals surface area contributed by atoms with Gasteiger partial charge in [0.1, 0.15) is 5.25 Å². The average molecular weight is 222 g/mol. The van der Waals surface area contributed by atoms with E-state index < -0.39 is 17.3 Å². The standard InChI is InChI=1S/C9H18O4S/c1-3-8(9(11)12)14-6-7(10)5-13-4-2/h7-8,10H,3-6H2,1-2H3,(H,11,12). The Balaban J connectivity index is 3.62. The van der Waals surface area contributed by atoms with Crippen molar-refractivity contribution in [2.45, 2.75) is 31.6 Å². The molecule has 0 radical (unpaired) electrons. The minimum atomic E-state index is -0.818. The molecule has 5 heteroatoms. The van der Waals surface area contributed by atoms with Crippen LogP contribution in [-0.2, 0) is 9.53 Å². The van der Waals surface area contributed by atoms with Gasteiger partial charge in [-0.3, -0.25) is 4.79 Å². The van der Waals surface area contributed by atoms with Gasteiger partial charge in [0.15, 0.2) is 0 Å². The van der Waals surface area contributed by atoms with E-state index in [2.05, 4.69) is 0 Å². The Kier molecular flexibility index (Phi) is 7.93. The normalized spacial score (nSPS) is 15.1. The van der Waals surface area contributed by atoms with Crippen molar-refractivity contribution in [3.05, 3.63) is 0 Å². The fourth-order valence-electron chi connectivity index (χ4n) is 0.893. The molecule has 2 unspecified atom stereocenters. The number of aliphatic carboxylic acids is 1. The molecule has 84 valence electrons. The zero-order valence-corrected chi connectivity index (χ0v) is 9.42. The minimum Gasteiger partial charge on any atom is -0.480 e. The van der Waals surface area contributed by atoms with Gasteiger partial charge >= 0.3 is 5.97 Å². The maximum atomic E-state index is 10.6. The molecule has 2 atom stereocenters. The first-order valence-corrected chi connectivity index (χ1v) is 5.76. The highest BCUT2D eigenvalue weighted by molar-refractivity contribution is 8.00. The molecule has 0 aliphatic rings. The van der Waals surface area contributed by atoms with E-state index in [1.807, 2.05) is 13.8 Å². The van der Waals surface area contributed by atoms with Gasteiger partial charge in [-0.1, -0.05) is 6.92 Å². The summed E-state index contributed by atoms with van der Waals surface area (Å²) < 4.78 is 5.01. The summed E-state index contributed by atoms with van der Waals surface area (Å²) in [6.45, 7) is 4.52. The number of ether oxygens (including phenoxy) is 1. The van der Waals surface area contributed by atoms with E-state index >= 15 is 0 Å². The largest absolute Gasteiger partial charge is 0.480 e. The summed E-state index contributed by atoms with van der Waals surface area (Å²) in [5.74, 6) is -0.411. The predicted octanol–water partition coefficient (Wildman–Crippen LogP) is 0.980. The molecule has 0 saturated heterocycles. The van der Waals surface area contributed by atoms with Gasteiger partial charge in [0.25, 0.3) is 0 Å². The van der Waals surface area contributed by atoms with Gasteiger partial charge in [-0.25, -0.2) is 0 Å². The quantitative estimate of drug-likeness (QED) is 0.641. The summed E-state index contributed by atoms with van der Waals surface area (Å²) in [5, 5.41) is 17.7. The number of hydrogen-bond acceptors (Lipinski definition) is 4. The Morgan fingerprint density at radius 3 is 2.57 bits per heavy atom. The molecule has 0 spiro atoms. The smallest absolute Gasteiger partial charge is 0.316 e. The second-order valence-corrected chi connectivity index (χ2v) is 4.12. The van der Waals surface area contributed by atoms with Crippen molar-refractivity contribution in [2.75, 3.05) is 19.0 Å². The second kappa shape index (κ2) is 8.08. The van der Waals surface area contributed by atoms with Gasteiger partial charge in [-0.05, 0) is 13.3 Å². The number of carbonyl (C=O) groups is 1. The van der Waals surface area contributed by atoms with Crippen LogP contribution in [-0.4, -0.2) is 46.5 Å². The van der Waals surface area contributed by atoms with Crippen LogP contribution in [0.5, 0.6) is 0 Å². The minimum absolute atomic E-state index is 0.277. The molecular formula is C9H18O4S. The highest BCUT2D eigenvalue weighted by atomic mass is 32.2. The third-order valence-corrected chi connectivity index (χ3v) is 3.16. The summed E-state index contributed by atoms with van der Waals surface area (Å²) in [6, 6.07) is 0. The third kappa shape index (κ3) is 6.23. The van der Waals surface area contributed by atoms with Gasteiger partial charge in [-0.2, -0.15) is 0 Å². The monoisotopic (exact) mass is 222 g/mol. The number of thioether (sulfide) groups is 1. The van der Waals surface area contributed by atoms with Crippen LogP contribution in [0, 0.1) is 0 Å². The molecule has 0 aromatic carbocycles. The number of hydrogen-bond donors (Lipinski definition) is 2. The van der Waals surface area contributed by atoms with E-state index in [0.29, 0.717) is 18.8 Å². The highest BCUT2D eigenvalue weighted by Crippen LogP contribution is 2.15. The van der Waals surface area contributed by atoms with Crippen molar-refractivity contribution in [3.63, 3.8) is 0 Å². The van der Waals surface area contributed by atoms with E-state index in [1.165, 1.54) is 11.8 Å². The molecule has 0 aromatic heterocycles. The first-order chi connectivity index (χ1) is 6.61. The van der Waals surface area contributed by atoms with Crippen LogP contribution in [0.25, 0.3) is 0 Å². The van der Waals surface area contributed by atoms with E-state index in [9.17, 15) is 9.90 Å². The van der Waals surface area contributed by atoms with Gasteiger partial charge in [0.05, 0.1) is 12.7 Å². The zero-order valence-electron chi connectivity index (χ0n) is 8.60. The van der Waals surface area contributed by atoms with Crippen molar-refractivity contribution >= 4 is 17.7 Å². The molecule has 0 aromatic rings. The Hall–Kier alpha value is -0.260. The third-order valence-electron chi connectivity index (χ3n) is 1.65. The molecule has 0 rings (SSSR count). The topological polar surface area (TPSA) is 66.8 Å². The fourth-order valence-corrected chi connectivity index (χ4v) is 1.82. The lowest BCUT2D eigenvalue weighted by molar-refractivity contribution is -0.136. The number of carboxylic acid groups (broad SMARTS) is 1. The molecular weight excluding hydrogens is 204 g/mol. The Labute approximate surface area is 88.6 Å². The predicted molar refractivity (Wildman–Crippen MR) is 56.7 cm³/mol. The van der Waals surface area contributed by atoms with E-state index in [0.717, 1.165) is 0 Å². The van der Waals surface area contributed by atoms with Crippen molar-refractivity contribution in [3.8, 4) is 0 Å². The Bertz CT molecular complexity index is 163. The van der Waals surface area contributed by atoms with Crippen molar-refractivity contribution in [1.82, 2.24) is 0 Å². The maximum Gasteiger partial charge on any atom is 0.316 e. The molecule has 0 amide bonds. The summed E-state index contributed by atoms with van der Waals surface area (Å²) in [4.78, 5) is 10.6. The number of aliphatic hydroxyl groups excluding tert-OH is 1. The lowest BCUT2D eigenvalue weighted by Crippen LogP contribution is -2.22. The van der Waals surface area contributed by atoms with Crippen molar-refractivity contribution in [1.29, 1.82) is 0 Å². The molecule has 4 nitrogen and oxygen atoms in total. The number of rotatable bonds is 8. The van der Waals surface area contributed by atoms with Crippen LogP contribution in [0.3, 0.4) is 0 Å². The van der Waals surface area contributed by atoms with Crippen LogP contribution >= 0.6 is 11.8 Å². The molecule has 14 heavy (non-hydrogen) atoms. The summed E-state index contributed by atoms with van der Waals surface area (Å²) in [6.07, 6.45) is -0.00481. The van der Waals surface area contributed by atoms with E-state index in [1.54, 1.807) is 0 Å². The molecule has 0 fully saturated rings. The molecule has 0 aliphatic heterocycles. The van der Waals surface area contributed by atoms with E-state index in [-0.39, 0.29) is 6.61 Å². The molecule has 0 heterocycles. The van der Waals surface area contributed by atoms with Gasteiger partial charge in [-0.15, -0.1) is 11.8 Å². The summed E-state index contributed by atoms with van der Waals surface area (Å²) in [5.41, 5.74) is 0. The molecule has 2 N–H and O–H groups in total. The van der Waals surface area contributed by atoms with Crippen molar-refractivity contribution < 1.29 is 19.7 Å². The summed E-state index contributed by atoms with van der Waals surface area (Å²) >= 11 is 1.26. The number of carboxylic acids is 1. The Morgan fingerprint density at radius 1 is 1.50 bits per heavy atom. The SMILES string of the molecule is CCOCC(O)CSC(CC)C(=O)O. The van der Waals surface area contributed by atoms with Crippen LogP contribution in [0.15, 0.2) is 0 Å². The molecule has 0 saturated carbocycles. The lowest BCUT2D eigenvalue weighted by Gasteiger charge is -2.13. The zero-order chi connectivity index (χ0) is 11.0. The van der Waals surface area contributed by atoms with Crippen LogP contribution in [0.4, 0.5) is 0 Å². The van der Waals surface area contributed by atoms with E-state index in [4.69, 9.17) is 9.84 Å². The first-order valence-electron chi connectivity index (χ1n) is 4.72. The van der Waals surface area contributed by atoms with Gasteiger partial charge in [0, 0.05) is 12.4 Å². The maximum absolute atomic E-state index is 10.6. The average Bonchev–Trinajstić information content (AvgIpc) is 2.15. The lowest BCUT2D eigenvalue weighted by atomic mass is 10.3. The van der Waals surface area contributed by atoms with Crippen molar-refractivity contribution in [2.24, 2.45) is 0 Å². The molecule has 0 bridgehead atoms. The number of aliphatic hydroxyl groups is 1. The van der Waals surface area contributed by atoms with Crippen LogP contribution in [0.2, 0.25) is 0 Å². The van der Waals surface area contributed by atoms with Crippen LogP contribution < -0.4 is 0 Å². The van der Waals surface area contributed by atoms with Gasteiger partial charge < -0.3 is 14.9 Å². The fraction of sp³-hybridized carbons (Fsp3) is 0.889. The second-order valence-electron chi connectivity index (χ2n) is 2.88. The summed E-state index contributed by atoms with van der Waals surface area (Å²) in [7, 11) is 0. The van der Waals surface area contributed by atoms with Gasteiger partial charge in [0.2, 0.25) is 0 Å². The molecule has 0 aliphatic carbocycles. The highest BCUT2D eigenvalue weighted by Gasteiger charge is 2.17.